The number of hydrogen-bond acceptors (Lipinski definition) is 7. The van der Waals surface area contributed by atoms with Gasteiger partial charge in [0.05, 0.1) is 56.9 Å². The second kappa shape index (κ2) is 9.44. The van der Waals surface area contributed by atoms with Crippen molar-refractivity contribution < 1.29 is 13.9 Å². The summed E-state index contributed by atoms with van der Waals surface area (Å²) in [5.74, 6) is 0.330. The second-order valence-corrected chi connectivity index (χ2v) is 11.5. The Labute approximate surface area is 220 Å². The molecule has 0 aliphatic carbocycles. The first kappa shape index (κ1) is 24.4. The molecule has 194 valence electrons. The molecule has 0 bridgehead atoms. The van der Waals surface area contributed by atoms with Crippen LogP contribution in [0.15, 0.2) is 23.3 Å². The van der Waals surface area contributed by atoms with E-state index in [0.717, 1.165) is 29.8 Å². The van der Waals surface area contributed by atoms with Crippen LogP contribution in [0.3, 0.4) is 0 Å². The Hall–Kier alpha value is -1.91. The zero-order chi connectivity index (χ0) is 25.0. The van der Waals surface area contributed by atoms with Gasteiger partial charge in [-0.05, 0) is 37.6 Å². The SMILES string of the molecule is CC1N=C(Nc2cnn(CC3(C)COC3)c2Cl)Nc2cc([C@H]3CCN(C4COC4)C[C@@H]3F)c(Cl)cc21. The summed E-state index contributed by atoms with van der Waals surface area (Å²) in [5, 5.41) is 12.2. The lowest BCUT2D eigenvalue weighted by molar-refractivity contribution is -0.111. The van der Waals surface area contributed by atoms with E-state index in [-0.39, 0.29) is 17.4 Å². The third-order valence-electron chi connectivity index (χ3n) is 7.76. The van der Waals surface area contributed by atoms with E-state index >= 15 is 4.39 Å². The average molecular weight is 537 g/mol. The lowest BCUT2D eigenvalue weighted by atomic mass is 9.85. The van der Waals surface area contributed by atoms with E-state index in [1.807, 2.05) is 19.1 Å². The molecule has 3 saturated heterocycles. The van der Waals surface area contributed by atoms with Crippen LogP contribution in [-0.4, -0.2) is 72.4 Å². The maximum Gasteiger partial charge on any atom is 0.201 e. The summed E-state index contributed by atoms with van der Waals surface area (Å²) in [5.41, 5.74) is 3.42. The Morgan fingerprint density at radius 2 is 2.03 bits per heavy atom. The second-order valence-electron chi connectivity index (χ2n) is 10.8. The summed E-state index contributed by atoms with van der Waals surface area (Å²) in [6, 6.07) is 4.13. The summed E-state index contributed by atoms with van der Waals surface area (Å²) in [6.45, 7) is 8.91. The highest BCUT2D eigenvalue weighted by Crippen LogP contribution is 2.41. The molecular formula is C25H31Cl2FN6O2. The minimum absolute atomic E-state index is 0.0484. The molecule has 1 unspecified atom stereocenters. The highest BCUT2D eigenvalue weighted by Gasteiger charge is 2.38. The van der Waals surface area contributed by atoms with Crippen molar-refractivity contribution in [1.29, 1.82) is 0 Å². The third-order valence-corrected chi connectivity index (χ3v) is 8.49. The number of hydrogen-bond donors (Lipinski definition) is 2. The normalized spacial score (nSPS) is 27.9. The van der Waals surface area contributed by atoms with Gasteiger partial charge in [0.2, 0.25) is 5.96 Å². The van der Waals surface area contributed by atoms with E-state index < -0.39 is 6.17 Å². The third kappa shape index (κ3) is 4.49. The van der Waals surface area contributed by atoms with Crippen LogP contribution in [0.1, 0.15) is 43.4 Å². The van der Waals surface area contributed by atoms with Gasteiger partial charge in [0.25, 0.3) is 0 Å². The van der Waals surface area contributed by atoms with Gasteiger partial charge in [0, 0.05) is 34.2 Å². The van der Waals surface area contributed by atoms with Gasteiger partial charge in [-0.25, -0.2) is 9.38 Å². The first-order chi connectivity index (χ1) is 17.3. The fourth-order valence-corrected chi connectivity index (χ4v) is 5.98. The predicted molar refractivity (Wildman–Crippen MR) is 139 cm³/mol. The molecule has 2 aromatic rings. The van der Waals surface area contributed by atoms with Gasteiger partial charge < -0.3 is 20.1 Å². The van der Waals surface area contributed by atoms with Gasteiger partial charge in [0.15, 0.2) is 5.15 Å². The maximum absolute atomic E-state index is 15.3. The summed E-state index contributed by atoms with van der Waals surface area (Å²) < 4.78 is 27.7. The van der Waals surface area contributed by atoms with E-state index in [1.54, 1.807) is 10.9 Å². The predicted octanol–water partition coefficient (Wildman–Crippen LogP) is 4.71. The fraction of sp³-hybridized carbons (Fsp3) is 0.600. The van der Waals surface area contributed by atoms with Crippen molar-refractivity contribution in [3.05, 3.63) is 39.6 Å². The largest absolute Gasteiger partial charge is 0.380 e. The van der Waals surface area contributed by atoms with E-state index in [1.165, 1.54) is 0 Å². The Morgan fingerprint density at radius 3 is 2.69 bits per heavy atom. The van der Waals surface area contributed by atoms with Gasteiger partial charge in [0.1, 0.15) is 6.17 Å². The monoisotopic (exact) mass is 536 g/mol. The quantitative estimate of drug-likeness (QED) is 0.576. The number of halogens is 3. The number of aliphatic imine (C=N–C) groups is 1. The molecule has 0 radical (unpaired) electrons. The molecule has 8 nitrogen and oxygen atoms in total. The van der Waals surface area contributed by atoms with Crippen LogP contribution in [0.5, 0.6) is 0 Å². The number of nitrogens with zero attached hydrogens (tertiary/aromatic N) is 4. The molecule has 0 saturated carbocycles. The number of aromatic nitrogens is 2. The summed E-state index contributed by atoms with van der Waals surface area (Å²) in [7, 11) is 0. The fourth-order valence-electron chi connectivity index (χ4n) is 5.47. The number of rotatable bonds is 5. The molecule has 5 heterocycles. The van der Waals surface area contributed by atoms with Crippen LogP contribution < -0.4 is 10.6 Å². The molecule has 1 aromatic heterocycles. The van der Waals surface area contributed by atoms with Crippen molar-refractivity contribution in [3.63, 3.8) is 0 Å². The van der Waals surface area contributed by atoms with Gasteiger partial charge in [-0.2, -0.15) is 5.10 Å². The van der Waals surface area contributed by atoms with Gasteiger partial charge in [-0.3, -0.25) is 9.58 Å². The minimum atomic E-state index is -0.977. The number of piperidine rings is 1. The van der Waals surface area contributed by atoms with Crippen LogP contribution in [-0.2, 0) is 16.0 Å². The Balaban J connectivity index is 1.18. The van der Waals surface area contributed by atoms with Crippen LogP contribution in [0.25, 0.3) is 0 Å². The molecule has 6 rings (SSSR count). The number of benzene rings is 1. The zero-order valence-corrected chi connectivity index (χ0v) is 21.9. The molecule has 0 amide bonds. The number of alkyl halides is 1. The maximum atomic E-state index is 15.3. The number of nitrogens with one attached hydrogen (secondary N) is 2. The molecule has 3 atom stereocenters. The lowest BCUT2D eigenvalue weighted by Crippen LogP contribution is -2.54. The Kier molecular flexibility index (Phi) is 6.40. The lowest BCUT2D eigenvalue weighted by Gasteiger charge is -2.43. The highest BCUT2D eigenvalue weighted by atomic mass is 35.5. The standard InChI is InChI=1S/C25H31Cl2FN6O2/c1-14-17-5-19(26)18(16-3-4-33(8-20(16)28)15-9-35-10-15)6-21(17)31-24(30-14)32-22-7-29-34(23(22)27)11-25(2)12-36-13-25/h5-7,14-16,20H,3-4,8-13H2,1-2H3,(H2,30,31,32)/t14?,16-,20+/m1/s1. The van der Waals surface area contributed by atoms with Gasteiger partial charge >= 0.3 is 0 Å². The summed E-state index contributed by atoms with van der Waals surface area (Å²) in [4.78, 5) is 6.94. The van der Waals surface area contributed by atoms with Crippen LogP contribution in [0.4, 0.5) is 15.8 Å². The van der Waals surface area contributed by atoms with Crippen molar-refractivity contribution in [3.8, 4) is 0 Å². The van der Waals surface area contributed by atoms with Crippen LogP contribution in [0.2, 0.25) is 10.2 Å². The van der Waals surface area contributed by atoms with E-state index in [2.05, 4.69) is 27.6 Å². The van der Waals surface area contributed by atoms with Crippen molar-refractivity contribution in [2.24, 2.45) is 10.4 Å². The van der Waals surface area contributed by atoms with Crippen molar-refractivity contribution in [1.82, 2.24) is 14.7 Å². The summed E-state index contributed by atoms with van der Waals surface area (Å²) in [6.07, 6.45) is 1.45. The highest BCUT2D eigenvalue weighted by molar-refractivity contribution is 6.33. The van der Waals surface area contributed by atoms with Crippen LogP contribution in [0, 0.1) is 5.41 Å². The zero-order valence-electron chi connectivity index (χ0n) is 20.4. The summed E-state index contributed by atoms with van der Waals surface area (Å²) >= 11 is 13.3. The molecule has 11 heteroatoms. The van der Waals surface area contributed by atoms with Crippen LogP contribution >= 0.6 is 23.2 Å². The molecule has 1 aromatic carbocycles. The molecular weight excluding hydrogens is 506 g/mol. The number of anilines is 2. The number of ether oxygens (including phenoxy) is 2. The van der Waals surface area contributed by atoms with Crippen molar-refractivity contribution >= 4 is 40.5 Å². The topological polar surface area (TPSA) is 75.9 Å². The van der Waals surface area contributed by atoms with E-state index in [0.29, 0.717) is 67.4 Å². The Morgan fingerprint density at radius 1 is 1.22 bits per heavy atom. The van der Waals surface area contributed by atoms with Gasteiger partial charge in [-0.1, -0.05) is 30.1 Å². The molecule has 0 spiro atoms. The van der Waals surface area contributed by atoms with Gasteiger partial charge in [-0.15, -0.1) is 0 Å². The average Bonchev–Trinajstić information content (AvgIpc) is 3.11. The molecule has 4 aliphatic heterocycles. The first-order valence-corrected chi connectivity index (χ1v) is 13.3. The Bertz CT molecular complexity index is 1180. The molecule has 4 aliphatic rings. The minimum Gasteiger partial charge on any atom is -0.380 e. The molecule has 3 fully saturated rings. The smallest absolute Gasteiger partial charge is 0.201 e. The van der Waals surface area contributed by atoms with Crippen molar-refractivity contribution in [2.75, 3.05) is 50.2 Å². The molecule has 2 N–H and O–H groups in total. The van der Waals surface area contributed by atoms with Crippen molar-refractivity contribution in [2.45, 2.75) is 51.0 Å². The van der Waals surface area contributed by atoms with E-state index in [4.69, 9.17) is 37.7 Å². The molecule has 36 heavy (non-hydrogen) atoms. The van der Waals surface area contributed by atoms with E-state index in [9.17, 15) is 0 Å². The number of likely N-dealkylation sites (tertiary alicyclic amines) is 1. The first-order valence-electron chi connectivity index (χ1n) is 12.5. The number of fused-ring (bicyclic) bond motifs is 1. The number of guanidine groups is 1.